The van der Waals surface area contributed by atoms with Gasteiger partial charge in [-0.25, -0.2) is 0 Å². The normalized spacial score (nSPS) is 15.2. The number of carbonyl (C=O) groups excluding carboxylic acids is 2. The summed E-state index contributed by atoms with van der Waals surface area (Å²) in [4.78, 5) is 25.5. The molecule has 0 spiro atoms. The molecule has 0 saturated carbocycles. The van der Waals surface area contributed by atoms with Crippen molar-refractivity contribution in [1.29, 1.82) is 0 Å². The third-order valence-corrected chi connectivity index (χ3v) is 4.02. The Kier molecular flexibility index (Phi) is 3.61. The van der Waals surface area contributed by atoms with Crippen molar-refractivity contribution in [2.45, 2.75) is 6.10 Å². The largest absolute Gasteiger partial charge is 0.387 e. The SMILES string of the molecule is O=C1c2ccccc2C(=O)N1CC(O)c1ccc(Br)cc1. The summed E-state index contributed by atoms with van der Waals surface area (Å²) in [6.45, 7) is -0.0476. The quantitative estimate of drug-likeness (QED) is 0.870. The first kappa shape index (κ1) is 14.0. The topological polar surface area (TPSA) is 57.6 Å². The van der Waals surface area contributed by atoms with Gasteiger partial charge in [-0.1, -0.05) is 40.2 Å². The van der Waals surface area contributed by atoms with E-state index in [0.717, 1.165) is 9.37 Å². The van der Waals surface area contributed by atoms with Crippen LogP contribution in [-0.2, 0) is 0 Å². The summed E-state index contributed by atoms with van der Waals surface area (Å²) >= 11 is 3.32. The average Bonchev–Trinajstić information content (AvgIpc) is 2.73. The Bertz CT molecular complexity index is 677. The van der Waals surface area contributed by atoms with E-state index < -0.39 is 6.10 Å². The molecule has 5 heteroatoms. The van der Waals surface area contributed by atoms with Gasteiger partial charge in [-0.05, 0) is 29.8 Å². The molecule has 2 aromatic rings. The molecule has 3 rings (SSSR count). The number of hydrogen-bond donors (Lipinski definition) is 1. The van der Waals surface area contributed by atoms with Crippen LogP contribution in [0.2, 0.25) is 0 Å². The van der Waals surface area contributed by atoms with E-state index in [1.807, 2.05) is 0 Å². The van der Waals surface area contributed by atoms with Gasteiger partial charge in [0.05, 0.1) is 23.8 Å². The summed E-state index contributed by atoms with van der Waals surface area (Å²) < 4.78 is 0.902. The van der Waals surface area contributed by atoms with Crippen molar-refractivity contribution in [3.8, 4) is 0 Å². The number of hydrogen-bond acceptors (Lipinski definition) is 3. The van der Waals surface area contributed by atoms with Crippen LogP contribution in [0.1, 0.15) is 32.4 Å². The molecule has 106 valence electrons. The Labute approximate surface area is 130 Å². The number of imide groups is 1. The van der Waals surface area contributed by atoms with Gasteiger partial charge in [-0.3, -0.25) is 14.5 Å². The average molecular weight is 346 g/mol. The zero-order chi connectivity index (χ0) is 15.0. The van der Waals surface area contributed by atoms with Gasteiger partial charge in [0.15, 0.2) is 0 Å². The van der Waals surface area contributed by atoms with E-state index in [-0.39, 0.29) is 18.4 Å². The molecule has 0 aromatic heterocycles. The first-order valence-corrected chi connectivity index (χ1v) is 7.26. The molecule has 0 radical (unpaired) electrons. The van der Waals surface area contributed by atoms with Crippen LogP contribution in [0, 0.1) is 0 Å². The van der Waals surface area contributed by atoms with E-state index in [1.165, 1.54) is 0 Å². The van der Waals surface area contributed by atoms with Crippen molar-refractivity contribution in [2.75, 3.05) is 6.54 Å². The van der Waals surface area contributed by atoms with E-state index in [9.17, 15) is 14.7 Å². The molecule has 0 saturated heterocycles. The molecule has 2 amide bonds. The van der Waals surface area contributed by atoms with Crippen LogP contribution in [0.5, 0.6) is 0 Å². The van der Waals surface area contributed by atoms with Crippen molar-refractivity contribution in [1.82, 2.24) is 4.90 Å². The maximum atomic E-state index is 12.2. The lowest BCUT2D eigenvalue weighted by atomic mass is 10.1. The zero-order valence-corrected chi connectivity index (χ0v) is 12.6. The molecular weight excluding hydrogens is 334 g/mol. The molecule has 1 heterocycles. The number of carbonyl (C=O) groups is 2. The van der Waals surface area contributed by atoms with E-state index in [0.29, 0.717) is 16.7 Å². The molecule has 2 aromatic carbocycles. The molecule has 4 nitrogen and oxygen atoms in total. The lowest BCUT2D eigenvalue weighted by molar-refractivity contribution is 0.0543. The lowest BCUT2D eigenvalue weighted by Crippen LogP contribution is -2.33. The van der Waals surface area contributed by atoms with E-state index in [2.05, 4.69) is 15.9 Å². The van der Waals surface area contributed by atoms with Crippen molar-refractivity contribution in [3.05, 3.63) is 69.7 Å². The summed E-state index contributed by atoms with van der Waals surface area (Å²) in [6, 6.07) is 13.8. The number of amides is 2. The molecular formula is C16H12BrNO3. The Morgan fingerprint density at radius 2 is 1.48 bits per heavy atom. The van der Waals surface area contributed by atoms with Crippen molar-refractivity contribution >= 4 is 27.7 Å². The second kappa shape index (κ2) is 5.42. The Morgan fingerprint density at radius 3 is 2.00 bits per heavy atom. The van der Waals surface area contributed by atoms with Crippen LogP contribution in [0.3, 0.4) is 0 Å². The smallest absolute Gasteiger partial charge is 0.261 e. The number of nitrogens with zero attached hydrogens (tertiary/aromatic N) is 1. The summed E-state index contributed by atoms with van der Waals surface area (Å²) in [5.41, 5.74) is 1.45. The van der Waals surface area contributed by atoms with E-state index >= 15 is 0 Å². The van der Waals surface area contributed by atoms with Crippen LogP contribution >= 0.6 is 15.9 Å². The first-order chi connectivity index (χ1) is 10.1. The second-order valence-corrected chi connectivity index (χ2v) is 5.75. The van der Waals surface area contributed by atoms with Gasteiger partial charge < -0.3 is 5.11 Å². The molecule has 1 aliphatic heterocycles. The molecule has 0 bridgehead atoms. The Hall–Kier alpha value is -1.98. The molecule has 1 atom stereocenters. The Morgan fingerprint density at radius 1 is 0.952 bits per heavy atom. The highest BCUT2D eigenvalue weighted by atomic mass is 79.9. The van der Waals surface area contributed by atoms with Crippen molar-refractivity contribution in [3.63, 3.8) is 0 Å². The van der Waals surface area contributed by atoms with Gasteiger partial charge in [0.1, 0.15) is 0 Å². The van der Waals surface area contributed by atoms with Crippen LogP contribution in [0.25, 0.3) is 0 Å². The first-order valence-electron chi connectivity index (χ1n) is 6.46. The standard InChI is InChI=1S/C16H12BrNO3/c17-11-7-5-10(6-8-11)14(19)9-18-15(20)12-3-1-2-4-13(12)16(18)21/h1-8,14,19H,9H2. The number of rotatable bonds is 3. The predicted octanol–water partition coefficient (Wildman–Crippen LogP) is 2.78. The highest BCUT2D eigenvalue weighted by Gasteiger charge is 2.36. The van der Waals surface area contributed by atoms with Crippen LogP contribution < -0.4 is 0 Å². The molecule has 0 aliphatic carbocycles. The monoisotopic (exact) mass is 345 g/mol. The molecule has 21 heavy (non-hydrogen) atoms. The second-order valence-electron chi connectivity index (χ2n) is 4.83. The van der Waals surface area contributed by atoms with Gasteiger partial charge in [-0.2, -0.15) is 0 Å². The molecule has 1 unspecified atom stereocenters. The maximum Gasteiger partial charge on any atom is 0.261 e. The van der Waals surface area contributed by atoms with Gasteiger partial charge >= 0.3 is 0 Å². The molecule has 1 N–H and O–H groups in total. The lowest BCUT2D eigenvalue weighted by Gasteiger charge is -2.18. The number of fused-ring (bicyclic) bond motifs is 1. The Balaban J connectivity index is 1.82. The number of halogens is 1. The zero-order valence-electron chi connectivity index (χ0n) is 11.0. The van der Waals surface area contributed by atoms with E-state index in [4.69, 9.17) is 0 Å². The fraction of sp³-hybridized carbons (Fsp3) is 0.125. The van der Waals surface area contributed by atoms with E-state index in [1.54, 1.807) is 48.5 Å². The summed E-state index contributed by atoms with van der Waals surface area (Å²) in [7, 11) is 0. The molecule has 1 aliphatic rings. The van der Waals surface area contributed by atoms with Crippen LogP contribution in [-0.4, -0.2) is 28.4 Å². The third-order valence-electron chi connectivity index (χ3n) is 3.49. The van der Waals surface area contributed by atoms with Crippen molar-refractivity contribution in [2.24, 2.45) is 0 Å². The van der Waals surface area contributed by atoms with Gasteiger partial charge in [-0.15, -0.1) is 0 Å². The third kappa shape index (κ3) is 2.50. The number of β-amino-alcohol motifs (C(OH)–C–C–N with tert-alkyl or cyclic N) is 1. The van der Waals surface area contributed by atoms with Gasteiger partial charge in [0.25, 0.3) is 11.8 Å². The minimum Gasteiger partial charge on any atom is -0.387 e. The summed E-state index contributed by atoms with van der Waals surface area (Å²) in [6.07, 6.45) is -0.902. The summed E-state index contributed by atoms with van der Waals surface area (Å²) in [5, 5.41) is 10.2. The predicted molar refractivity (Wildman–Crippen MR) is 80.9 cm³/mol. The van der Waals surface area contributed by atoms with Gasteiger partial charge in [0, 0.05) is 4.47 Å². The number of benzene rings is 2. The number of aliphatic hydroxyl groups excluding tert-OH is 1. The highest BCUT2D eigenvalue weighted by molar-refractivity contribution is 9.10. The summed E-state index contributed by atoms with van der Waals surface area (Å²) in [5.74, 6) is -0.710. The minimum atomic E-state index is -0.902. The maximum absolute atomic E-state index is 12.2. The fourth-order valence-electron chi connectivity index (χ4n) is 2.37. The fourth-order valence-corrected chi connectivity index (χ4v) is 2.63. The highest BCUT2D eigenvalue weighted by Crippen LogP contribution is 2.25. The number of aliphatic hydroxyl groups is 1. The van der Waals surface area contributed by atoms with Crippen molar-refractivity contribution < 1.29 is 14.7 Å². The molecule has 0 fully saturated rings. The minimum absolute atomic E-state index is 0.0476. The van der Waals surface area contributed by atoms with Crippen LogP contribution in [0.15, 0.2) is 53.0 Å². The van der Waals surface area contributed by atoms with Gasteiger partial charge in [0.2, 0.25) is 0 Å². The van der Waals surface area contributed by atoms with Crippen LogP contribution in [0.4, 0.5) is 0 Å².